The Morgan fingerprint density at radius 3 is 2.29 bits per heavy atom. The van der Waals surface area contributed by atoms with E-state index in [1.54, 1.807) is 27.7 Å². The van der Waals surface area contributed by atoms with Gasteiger partial charge in [-0.15, -0.1) is 0 Å². The van der Waals surface area contributed by atoms with Crippen LogP contribution in [0.4, 0.5) is 13.6 Å². The Hall–Kier alpha value is -1.69. The fourth-order valence-electron chi connectivity index (χ4n) is 1.84. The summed E-state index contributed by atoms with van der Waals surface area (Å²) in [6, 6.07) is 1.89. The summed E-state index contributed by atoms with van der Waals surface area (Å²) in [6.07, 6.45) is -0.695. The molecule has 3 N–H and O–H groups in total. The number of nitrogens with two attached hydrogens (primary N) is 1. The second kappa shape index (κ2) is 6.85. The molecule has 21 heavy (non-hydrogen) atoms. The van der Waals surface area contributed by atoms with Crippen LogP contribution in [0.2, 0.25) is 0 Å². The number of carbonyl (C=O) groups excluding carboxylic acids is 1. The van der Waals surface area contributed by atoms with E-state index in [-0.39, 0.29) is 18.5 Å². The van der Waals surface area contributed by atoms with Gasteiger partial charge in [0.2, 0.25) is 0 Å². The van der Waals surface area contributed by atoms with Gasteiger partial charge in [-0.25, -0.2) is 13.6 Å². The van der Waals surface area contributed by atoms with E-state index in [9.17, 15) is 13.6 Å². The van der Waals surface area contributed by atoms with Gasteiger partial charge in [-0.3, -0.25) is 0 Å². The number of aryl methyl sites for hydroxylation is 1. The van der Waals surface area contributed by atoms with Crippen LogP contribution < -0.4 is 11.1 Å². The fraction of sp³-hybridized carbons (Fsp3) is 0.533. The molecule has 4 nitrogen and oxygen atoms in total. The summed E-state index contributed by atoms with van der Waals surface area (Å²) in [6.45, 7) is 6.83. The summed E-state index contributed by atoms with van der Waals surface area (Å²) in [4.78, 5) is 11.7. The second-order valence-corrected chi connectivity index (χ2v) is 5.99. The summed E-state index contributed by atoms with van der Waals surface area (Å²) >= 11 is 0. The van der Waals surface area contributed by atoms with E-state index in [1.807, 2.05) is 0 Å². The van der Waals surface area contributed by atoms with Crippen LogP contribution in [0.3, 0.4) is 0 Å². The molecule has 6 heteroatoms. The summed E-state index contributed by atoms with van der Waals surface area (Å²) in [5.41, 5.74) is 5.31. The average Bonchev–Trinajstić information content (AvgIpc) is 2.29. The second-order valence-electron chi connectivity index (χ2n) is 5.99. The van der Waals surface area contributed by atoms with Gasteiger partial charge < -0.3 is 15.8 Å². The molecule has 118 valence electrons. The number of halogens is 2. The maximum Gasteiger partial charge on any atom is 0.407 e. The van der Waals surface area contributed by atoms with Crippen LogP contribution >= 0.6 is 0 Å². The zero-order chi connectivity index (χ0) is 16.2. The van der Waals surface area contributed by atoms with Crippen molar-refractivity contribution in [2.24, 2.45) is 5.73 Å². The lowest BCUT2D eigenvalue weighted by atomic mass is 10.0. The van der Waals surface area contributed by atoms with Crippen molar-refractivity contribution in [2.45, 2.75) is 45.8 Å². The molecule has 0 bridgehead atoms. The van der Waals surface area contributed by atoms with E-state index < -0.39 is 29.4 Å². The minimum absolute atomic E-state index is 0.0340. The molecule has 1 atom stereocenters. The average molecular weight is 300 g/mol. The standard InChI is InChI=1S/C15H22F2N2O2/c1-9-5-12(16)11(13(17)6-9)7-10(8-18)19-14(20)21-15(2,3)4/h5-6,10H,7-8,18H2,1-4H3,(H,19,20). The first-order valence-corrected chi connectivity index (χ1v) is 6.76. The van der Waals surface area contributed by atoms with Gasteiger partial charge in [-0.1, -0.05) is 0 Å². The lowest BCUT2D eigenvalue weighted by Crippen LogP contribution is -2.44. The van der Waals surface area contributed by atoms with Gasteiger partial charge in [-0.2, -0.15) is 0 Å². The first-order chi connectivity index (χ1) is 9.62. The molecule has 0 aliphatic rings. The van der Waals surface area contributed by atoms with E-state index in [1.165, 1.54) is 12.1 Å². The molecule has 0 heterocycles. The van der Waals surface area contributed by atoms with Gasteiger partial charge in [0.15, 0.2) is 0 Å². The third kappa shape index (κ3) is 5.67. The highest BCUT2D eigenvalue weighted by Gasteiger charge is 2.21. The van der Waals surface area contributed by atoms with Crippen LogP contribution in [0.15, 0.2) is 12.1 Å². The van der Waals surface area contributed by atoms with Gasteiger partial charge in [0.25, 0.3) is 0 Å². The molecule has 1 amide bonds. The summed E-state index contributed by atoms with van der Waals surface area (Å²) < 4.78 is 32.7. The number of hydrogen-bond donors (Lipinski definition) is 2. The van der Waals surface area contributed by atoms with Crippen molar-refractivity contribution in [1.29, 1.82) is 0 Å². The molecule has 1 aromatic rings. The number of ether oxygens (including phenoxy) is 1. The van der Waals surface area contributed by atoms with Gasteiger partial charge in [0.05, 0.1) is 0 Å². The highest BCUT2D eigenvalue weighted by molar-refractivity contribution is 5.68. The van der Waals surface area contributed by atoms with Crippen LogP contribution in [0.1, 0.15) is 31.9 Å². The monoisotopic (exact) mass is 300 g/mol. The fourth-order valence-corrected chi connectivity index (χ4v) is 1.84. The molecule has 0 radical (unpaired) electrons. The van der Waals surface area contributed by atoms with Gasteiger partial charge >= 0.3 is 6.09 Å². The van der Waals surface area contributed by atoms with Crippen molar-refractivity contribution in [3.8, 4) is 0 Å². The maximum absolute atomic E-state index is 13.8. The lowest BCUT2D eigenvalue weighted by Gasteiger charge is -2.23. The first-order valence-electron chi connectivity index (χ1n) is 6.76. The molecule has 0 fully saturated rings. The zero-order valence-electron chi connectivity index (χ0n) is 12.8. The number of hydrogen-bond acceptors (Lipinski definition) is 3. The van der Waals surface area contributed by atoms with Crippen LogP contribution in [0.25, 0.3) is 0 Å². The van der Waals surface area contributed by atoms with Crippen molar-refractivity contribution in [1.82, 2.24) is 5.32 Å². The highest BCUT2D eigenvalue weighted by atomic mass is 19.1. The minimum atomic E-state index is -0.661. The number of alkyl carbamates (subject to hydrolysis) is 1. The first kappa shape index (κ1) is 17.4. The van der Waals surface area contributed by atoms with Crippen molar-refractivity contribution in [3.05, 3.63) is 34.9 Å². The van der Waals surface area contributed by atoms with E-state index in [4.69, 9.17) is 10.5 Å². The molecule has 1 unspecified atom stereocenters. The predicted octanol–water partition coefficient (Wildman–Crippen LogP) is 2.67. The SMILES string of the molecule is Cc1cc(F)c(CC(CN)NC(=O)OC(C)(C)C)c(F)c1. The Morgan fingerprint density at radius 1 is 1.33 bits per heavy atom. The van der Waals surface area contributed by atoms with Crippen LogP contribution in [0, 0.1) is 18.6 Å². The van der Waals surface area contributed by atoms with Gasteiger partial charge in [0, 0.05) is 18.2 Å². The minimum Gasteiger partial charge on any atom is -0.444 e. The van der Waals surface area contributed by atoms with Crippen molar-refractivity contribution < 1.29 is 18.3 Å². The zero-order valence-corrected chi connectivity index (χ0v) is 12.8. The molecule has 0 aliphatic heterocycles. The Bertz CT molecular complexity index is 490. The molecule has 0 saturated carbocycles. The van der Waals surface area contributed by atoms with Gasteiger partial charge in [0.1, 0.15) is 17.2 Å². The van der Waals surface area contributed by atoms with E-state index >= 15 is 0 Å². The number of carbonyl (C=O) groups is 1. The summed E-state index contributed by atoms with van der Waals surface area (Å²) in [7, 11) is 0. The summed E-state index contributed by atoms with van der Waals surface area (Å²) in [5, 5.41) is 2.52. The Labute approximate surface area is 123 Å². The van der Waals surface area contributed by atoms with Crippen LogP contribution in [0.5, 0.6) is 0 Å². The largest absolute Gasteiger partial charge is 0.444 e. The van der Waals surface area contributed by atoms with E-state index in [0.29, 0.717) is 5.56 Å². The third-order valence-electron chi connectivity index (χ3n) is 2.74. The van der Waals surface area contributed by atoms with Gasteiger partial charge in [-0.05, 0) is 51.8 Å². The Morgan fingerprint density at radius 2 is 1.86 bits per heavy atom. The molecule has 1 aromatic carbocycles. The lowest BCUT2D eigenvalue weighted by molar-refractivity contribution is 0.0505. The van der Waals surface area contributed by atoms with Crippen molar-refractivity contribution in [2.75, 3.05) is 6.54 Å². The predicted molar refractivity (Wildman–Crippen MR) is 77.0 cm³/mol. The van der Waals surface area contributed by atoms with Crippen molar-refractivity contribution >= 4 is 6.09 Å². The number of rotatable bonds is 4. The highest BCUT2D eigenvalue weighted by Crippen LogP contribution is 2.17. The Kier molecular flexibility index (Phi) is 5.66. The molecule has 1 rings (SSSR count). The normalized spacial score (nSPS) is 12.9. The number of nitrogens with one attached hydrogen (secondary N) is 1. The van der Waals surface area contributed by atoms with E-state index in [2.05, 4.69) is 5.32 Å². The van der Waals surface area contributed by atoms with E-state index in [0.717, 1.165) is 0 Å². The quantitative estimate of drug-likeness (QED) is 0.898. The number of benzene rings is 1. The van der Waals surface area contributed by atoms with Crippen LogP contribution in [-0.2, 0) is 11.2 Å². The smallest absolute Gasteiger partial charge is 0.407 e. The molecule has 0 aromatic heterocycles. The number of amides is 1. The topological polar surface area (TPSA) is 64.3 Å². The Balaban J connectivity index is 2.77. The molecular weight excluding hydrogens is 278 g/mol. The van der Waals surface area contributed by atoms with Crippen molar-refractivity contribution in [3.63, 3.8) is 0 Å². The third-order valence-corrected chi connectivity index (χ3v) is 2.74. The molecule has 0 aliphatic carbocycles. The maximum atomic E-state index is 13.8. The molecular formula is C15H22F2N2O2. The summed E-state index contributed by atoms with van der Waals surface area (Å²) in [5.74, 6) is -1.28. The molecule has 0 saturated heterocycles. The molecule has 0 spiro atoms. The van der Waals surface area contributed by atoms with Crippen LogP contribution in [-0.4, -0.2) is 24.3 Å².